The first-order valence-corrected chi connectivity index (χ1v) is 13.2. The molecule has 0 radical (unpaired) electrons. The fraction of sp³-hybridized carbons (Fsp3) is 0.818. The van der Waals surface area contributed by atoms with Crippen LogP contribution < -0.4 is 22.1 Å². The molecule has 1 rings (SSSR count). The van der Waals surface area contributed by atoms with E-state index in [4.69, 9.17) is 11.5 Å². The Morgan fingerprint density at radius 3 is 2.45 bits per heavy atom. The Balaban J connectivity index is 2.86. The summed E-state index contributed by atoms with van der Waals surface area (Å²) in [5.74, 6) is -1.96. The van der Waals surface area contributed by atoms with Gasteiger partial charge in [0.15, 0.2) is 0 Å². The van der Waals surface area contributed by atoms with Gasteiger partial charge in [-0.2, -0.15) is 11.8 Å². The number of likely N-dealkylation sites (tertiary alicyclic amines) is 1. The molecule has 0 spiro atoms. The summed E-state index contributed by atoms with van der Waals surface area (Å²) >= 11 is 1.52. The van der Waals surface area contributed by atoms with Crippen LogP contribution in [-0.4, -0.2) is 83.0 Å². The van der Waals surface area contributed by atoms with Crippen LogP contribution in [-0.2, 0) is 19.2 Å². The minimum atomic E-state index is -1.11. The van der Waals surface area contributed by atoms with Crippen molar-refractivity contribution >= 4 is 35.5 Å². The third kappa shape index (κ3) is 9.13. The maximum Gasteiger partial charge on any atom is 0.326 e. The van der Waals surface area contributed by atoms with Gasteiger partial charge in [0.2, 0.25) is 17.7 Å². The molecule has 3 amide bonds. The van der Waals surface area contributed by atoms with E-state index in [-0.39, 0.29) is 11.8 Å². The first kappa shape index (κ1) is 29.2. The number of carbonyl (C=O) groups excluding carboxylic acids is 3. The summed E-state index contributed by atoms with van der Waals surface area (Å²) in [5.41, 5.74) is 11.5. The van der Waals surface area contributed by atoms with Crippen LogP contribution in [0.3, 0.4) is 0 Å². The predicted octanol–water partition coefficient (Wildman–Crippen LogP) is 0.287. The molecule has 5 unspecified atom stereocenters. The van der Waals surface area contributed by atoms with Crippen molar-refractivity contribution in [1.82, 2.24) is 15.5 Å². The van der Waals surface area contributed by atoms with Gasteiger partial charge in [0.25, 0.3) is 0 Å². The summed E-state index contributed by atoms with van der Waals surface area (Å²) in [7, 11) is 0. The molecule has 0 aromatic carbocycles. The van der Waals surface area contributed by atoms with Gasteiger partial charge in [-0.05, 0) is 56.6 Å². The summed E-state index contributed by atoms with van der Waals surface area (Å²) in [4.78, 5) is 51.9. The largest absolute Gasteiger partial charge is 0.480 e. The summed E-state index contributed by atoms with van der Waals surface area (Å²) in [6, 6.07) is -3.29. The third-order valence-corrected chi connectivity index (χ3v) is 6.79. The van der Waals surface area contributed by atoms with E-state index in [2.05, 4.69) is 10.6 Å². The highest BCUT2D eigenvalue weighted by Crippen LogP contribution is 2.20. The molecular formula is C22H41N5O5S. The molecule has 7 N–H and O–H groups in total. The van der Waals surface area contributed by atoms with Gasteiger partial charge in [0, 0.05) is 6.54 Å². The van der Waals surface area contributed by atoms with E-state index in [1.165, 1.54) is 16.7 Å². The average Bonchev–Trinajstić information content (AvgIpc) is 3.28. The van der Waals surface area contributed by atoms with Crippen molar-refractivity contribution in [1.29, 1.82) is 0 Å². The Kier molecular flexibility index (Phi) is 13.4. The fourth-order valence-corrected chi connectivity index (χ4v) is 4.33. The number of amides is 3. The number of unbranched alkanes of at least 4 members (excludes halogenated alkanes) is 1. The zero-order valence-corrected chi connectivity index (χ0v) is 20.9. The van der Waals surface area contributed by atoms with Crippen LogP contribution in [0.2, 0.25) is 0 Å². The molecule has 5 atom stereocenters. The first-order chi connectivity index (χ1) is 15.7. The van der Waals surface area contributed by atoms with Gasteiger partial charge in [-0.15, -0.1) is 0 Å². The minimum absolute atomic E-state index is 0.257. The molecular weight excluding hydrogens is 446 g/mol. The molecule has 10 nitrogen and oxygen atoms in total. The molecule has 0 saturated carbocycles. The molecule has 0 aromatic heterocycles. The number of carboxylic acid groups (broad SMARTS) is 1. The highest BCUT2D eigenvalue weighted by molar-refractivity contribution is 7.98. The van der Waals surface area contributed by atoms with E-state index in [0.29, 0.717) is 50.9 Å². The molecule has 190 valence electrons. The van der Waals surface area contributed by atoms with Gasteiger partial charge in [0.1, 0.15) is 18.1 Å². The Morgan fingerprint density at radius 1 is 1.18 bits per heavy atom. The molecule has 11 heteroatoms. The number of hydrogen-bond donors (Lipinski definition) is 5. The van der Waals surface area contributed by atoms with Gasteiger partial charge >= 0.3 is 5.97 Å². The molecule has 0 bridgehead atoms. The number of nitrogens with zero attached hydrogens (tertiary/aromatic N) is 1. The Labute approximate surface area is 200 Å². The SMILES string of the molecule is CCC(C)C(NC(=O)C(CCSC)NC(=O)C1CCCN1C(=O)C(N)CCCCN)C(=O)O. The second-order valence-electron chi connectivity index (χ2n) is 8.63. The Morgan fingerprint density at radius 2 is 1.88 bits per heavy atom. The number of aliphatic carboxylic acids is 1. The molecule has 1 aliphatic heterocycles. The third-order valence-electron chi connectivity index (χ3n) is 6.15. The maximum atomic E-state index is 13.1. The van der Waals surface area contributed by atoms with Gasteiger partial charge in [-0.25, -0.2) is 4.79 Å². The number of hydrogen-bond acceptors (Lipinski definition) is 7. The van der Waals surface area contributed by atoms with Gasteiger partial charge in [-0.3, -0.25) is 14.4 Å². The van der Waals surface area contributed by atoms with Crippen LogP contribution in [0.1, 0.15) is 58.8 Å². The quantitative estimate of drug-likeness (QED) is 0.205. The van der Waals surface area contributed by atoms with Gasteiger partial charge in [-0.1, -0.05) is 26.7 Å². The lowest BCUT2D eigenvalue weighted by Gasteiger charge is -2.29. The molecule has 33 heavy (non-hydrogen) atoms. The van der Waals surface area contributed by atoms with Crippen molar-refractivity contribution in [2.24, 2.45) is 17.4 Å². The van der Waals surface area contributed by atoms with Crippen LogP contribution >= 0.6 is 11.8 Å². The molecule has 0 aliphatic carbocycles. The number of nitrogens with two attached hydrogens (primary N) is 2. The zero-order valence-electron chi connectivity index (χ0n) is 20.0. The Hall–Kier alpha value is -1.85. The number of rotatable bonds is 15. The second kappa shape index (κ2) is 15.1. The highest BCUT2D eigenvalue weighted by atomic mass is 32.2. The van der Waals surface area contributed by atoms with E-state index in [0.717, 1.165) is 12.8 Å². The first-order valence-electron chi connectivity index (χ1n) is 11.8. The smallest absolute Gasteiger partial charge is 0.326 e. The average molecular weight is 488 g/mol. The van der Waals surface area contributed by atoms with Crippen LogP contribution in [0.25, 0.3) is 0 Å². The topological polar surface area (TPSA) is 168 Å². The lowest BCUT2D eigenvalue weighted by atomic mass is 9.98. The van der Waals surface area contributed by atoms with E-state index in [1.54, 1.807) is 6.92 Å². The summed E-state index contributed by atoms with van der Waals surface area (Å²) in [6.07, 6.45) is 6.03. The highest BCUT2D eigenvalue weighted by Gasteiger charge is 2.38. The van der Waals surface area contributed by atoms with Crippen LogP contribution in [0, 0.1) is 5.92 Å². The molecule has 1 aliphatic rings. The van der Waals surface area contributed by atoms with Gasteiger partial charge in [0.05, 0.1) is 6.04 Å². The van der Waals surface area contributed by atoms with Gasteiger partial charge < -0.3 is 32.1 Å². The summed E-state index contributed by atoms with van der Waals surface area (Å²) in [6.45, 7) is 4.59. The van der Waals surface area contributed by atoms with E-state index in [9.17, 15) is 24.3 Å². The van der Waals surface area contributed by atoms with Crippen molar-refractivity contribution in [3.8, 4) is 0 Å². The van der Waals surface area contributed by atoms with Crippen LogP contribution in [0.15, 0.2) is 0 Å². The van der Waals surface area contributed by atoms with Crippen molar-refractivity contribution in [3.63, 3.8) is 0 Å². The maximum absolute atomic E-state index is 13.1. The van der Waals surface area contributed by atoms with Crippen molar-refractivity contribution in [2.45, 2.75) is 83.0 Å². The fourth-order valence-electron chi connectivity index (χ4n) is 3.86. The van der Waals surface area contributed by atoms with Crippen LogP contribution in [0.4, 0.5) is 0 Å². The van der Waals surface area contributed by atoms with Crippen LogP contribution in [0.5, 0.6) is 0 Å². The number of carbonyl (C=O) groups is 4. The molecule has 1 heterocycles. The summed E-state index contributed by atoms with van der Waals surface area (Å²) < 4.78 is 0. The Bertz CT molecular complexity index is 665. The zero-order chi connectivity index (χ0) is 25.0. The lowest BCUT2D eigenvalue weighted by Crippen LogP contribution is -2.57. The molecule has 1 saturated heterocycles. The minimum Gasteiger partial charge on any atom is -0.480 e. The number of nitrogens with one attached hydrogen (secondary N) is 2. The monoisotopic (exact) mass is 487 g/mol. The molecule has 1 fully saturated rings. The second-order valence-corrected chi connectivity index (χ2v) is 9.62. The standard InChI is InChI=1S/C22H41N5O5S/c1-4-14(2)18(22(31)32)26-19(28)16(10-13-33-3)25-20(29)17-9-7-12-27(17)21(30)15(24)8-5-6-11-23/h14-18H,4-13,23-24H2,1-3H3,(H,25,29)(H,26,28)(H,31,32). The predicted molar refractivity (Wildman–Crippen MR) is 130 cm³/mol. The summed E-state index contributed by atoms with van der Waals surface area (Å²) in [5, 5.41) is 14.8. The number of thioether (sulfide) groups is 1. The lowest BCUT2D eigenvalue weighted by molar-refractivity contribution is -0.144. The van der Waals surface area contributed by atoms with E-state index >= 15 is 0 Å². The van der Waals surface area contributed by atoms with Crippen molar-refractivity contribution in [2.75, 3.05) is 25.1 Å². The molecule has 0 aromatic rings. The van der Waals surface area contributed by atoms with Crippen molar-refractivity contribution in [3.05, 3.63) is 0 Å². The van der Waals surface area contributed by atoms with E-state index in [1.807, 2.05) is 13.2 Å². The number of carboxylic acids is 1. The van der Waals surface area contributed by atoms with E-state index < -0.39 is 42.0 Å². The normalized spacial score (nSPS) is 19.4. The van der Waals surface area contributed by atoms with Crippen molar-refractivity contribution < 1.29 is 24.3 Å².